The zero-order chi connectivity index (χ0) is 15.2. The molecule has 0 aromatic carbocycles. The van der Waals surface area contributed by atoms with E-state index >= 15 is 0 Å². The zero-order valence-electron chi connectivity index (χ0n) is 12.4. The Hall–Kier alpha value is -1.28. The average Bonchev–Trinajstić information content (AvgIpc) is 2.74. The summed E-state index contributed by atoms with van der Waals surface area (Å²) in [7, 11) is 1.63. The van der Waals surface area contributed by atoms with Crippen molar-refractivity contribution in [2.45, 2.75) is 37.9 Å². The summed E-state index contributed by atoms with van der Waals surface area (Å²) < 4.78 is 6.53. The van der Waals surface area contributed by atoms with Gasteiger partial charge in [0.1, 0.15) is 5.54 Å². The summed E-state index contributed by atoms with van der Waals surface area (Å²) in [6.07, 6.45) is 0.917. The number of ether oxygens (including phenoxy) is 1. The molecule has 0 saturated heterocycles. The number of rotatable bonds is 8. The second kappa shape index (κ2) is 7.49. The third kappa shape index (κ3) is 4.11. The predicted octanol–water partition coefficient (Wildman–Crippen LogP) is 0.522. The highest BCUT2D eigenvalue weighted by atomic mass is 32.2. The average molecular weight is 302 g/mol. The largest absolute Gasteiger partial charge is 0.465 e. The summed E-state index contributed by atoms with van der Waals surface area (Å²) >= 11 is 1.34. The van der Waals surface area contributed by atoms with E-state index in [4.69, 9.17) is 4.74 Å². The molecule has 0 fully saturated rings. The van der Waals surface area contributed by atoms with Crippen molar-refractivity contribution < 1.29 is 9.53 Å². The molecule has 0 spiro atoms. The minimum Gasteiger partial charge on any atom is -0.465 e. The molecule has 1 aromatic heterocycles. The number of hydrogen-bond acceptors (Lipinski definition) is 6. The lowest BCUT2D eigenvalue weighted by Crippen LogP contribution is -2.53. The number of esters is 1. The number of nitrogens with zero attached hydrogens (tertiary/aromatic N) is 2. The van der Waals surface area contributed by atoms with Gasteiger partial charge in [0.15, 0.2) is 5.16 Å². The molecule has 7 nitrogen and oxygen atoms in total. The molecule has 2 N–H and O–H groups in total. The third-order valence-corrected chi connectivity index (χ3v) is 4.16. The number of carbonyl (C=O) groups is 1. The summed E-state index contributed by atoms with van der Waals surface area (Å²) in [6.45, 7) is 6.67. The maximum Gasteiger partial charge on any atom is 0.343 e. The van der Waals surface area contributed by atoms with Crippen molar-refractivity contribution in [3.8, 4) is 0 Å². The molecule has 0 bridgehead atoms. The Balaban J connectivity index is 2.76. The van der Waals surface area contributed by atoms with E-state index in [2.05, 4.69) is 15.5 Å². The lowest BCUT2D eigenvalue weighted by Gasteiger charge is -2.27. The fourth-order valence-electron chi connectivity index (χ4n) is 1.54. The molecular formula is C12H22N4O3S. The first-order chi connectivity index (χ1) is 9.44. The predicted molar refractivity (Wildman–Crippen MR) is 77.9 cm³/mol. The van der Waals surface area contributed by atoms with E-state index in [0.29, 0.717) is 17.5 Å². The number of thioether (sulfide) groups is 1. The molecule has 0 amide bonds. The van der Waals surface area contributed by atoms with Gasteiger partial charge in [0, 0.05) is 12.8 Å². The van der Waals surface area contributed by atoms with Crippen LogP contribution in [0.1, 0.15) is 27.2 Å². The van der Waals surface area contributed by atoms with Crippen LogP contribution in [-0.2, 0) is 16.6 Å². The molecule has 0 radical (unpaired) electrons. The van der Waals surface area contributed by atoms with Gasteiger partial charge in [-0.3, -0.25) is 9.36 Å². The van der Waals surface area contributed by atoms with Crippen molar-refractivity contribution >= 4 is 17.7 Å². The maximum atomic E-state index is 12.1. The molecule has 1 unspecified atom stereocenters. The molecule has 8 heteroatoms. The highest BCUT2D eigenvalue weighted by Gasteiger charge is 2.34. The number of carbonyl (C=O) groups excluding carboxylic acids is 1. The van der Waals surface area contributed by atoms with Gasteiger partial charge in [-0.1, -0.05) is 18.7 Å². The molecular weight excluding hydrogens is 280 g/mol. The number of aromatic nitrogens is 3. The summed E-state index contributed by atoms with van der Waals surface area (Å²) in [6, 6.07) is 0. The maximum absolute atomic E-state index is 12.1. The Kier molecular flexibility index (Phi) is 6.28. The topological polar surface area (TPSA) is 89.0 Å². The zero-order valence-corrected chi connectivity index (χ0v) is 13.2. The van der Waals surface area contributed by atoms with Crippen molar-refractivity contribution in [3.63, 3.8) is 0 Å². The molecule has 0 aliphatic rings. The van der Waals surface area contributed by atoms with Crippen molar-refractivity contribution in [1.29, 1.82) is 0 Å². The first-order valence-corrected chi connectivity index (χ1v) is 7.59. The minimum atomic E-state index is -0.800. The van der Waals surface area contributed by atoms with E-state index in [1.54, 1.807) is 20.9 Å². The second-order valence-electron chi connectivity index (χ2n) is 4.64. The van der Waals surface area contributed by atoms with Gasteiger partial charge >= 0.3 is 11.7 Å². The highest BCUT2D eigenvalue weighted by molar-refractivity contribution is 7.99. The van der Waals surface area contributed by atoms with Gasteiger partial charge in [-0.2, -0.15) is 0 Å². The molecule has 114 valence electrons. The van der Waals surface area contributed by atoms with E-state index in [0.717, 1.165) is 13.0 Å². The van der Waals surface area contributed by atoms with E-state index < -0.39 is 5.54 Å². The van der Waals surface area contributed by atoms with Crippen molar-refractivity contribution in [1.82, 2.24) is 20.1 Å². The van der Waals surface area contributed by atoms with Crippen LogP contribution in [0.5, 0.6) is 0 Å². The number of aromatic amines is 1. The Morgan fingerprint density at radius 3 is 2.75 bits per heavy atom. The van der Waals surface area contributed by atoms with Crippen LogP contribution in [0.3, 0.4) is 0 Å². The smallest absolute Gasteiger partial charge is 0.343 e. The van der Waals surface area contributed by atoms with Gasteiger partial charge < -0.3 is 10.1 Å². The van der Waals surface area contributed by atoms with E-state index in [-0.39, 0.29) is 11.7 Å². The van der Waals surface area contributed by atoms with E-state index in [1.165, 1.54) is 16.3 Å². The summed E-state index contributed by atoms with van der Waals surface area (Å²) in [5.41, 5.74) is -1.07. The Morgan fingerprint density at radius 1 is 1.55 bits per heavy atom. The molecule has 1 aromatic rings. The monoisotopic (exact) mass is 302 g/mol. The van der Waals surface area contributed by atoms with Gasteiger partial charge in [0.05, 0.1) is 6.61 Å². The fraction of sp³-hybridized carbons (Fsp3) is 0.750. The normalized spacial score (nSPS) is 14.0. The SMILES string of the molecule is CCCNC(C)(CSc1n[nH]c(=O)n1C)C(=O)OCC. The summed E-state index contributed by atoms with van der Waals surface area (Å²) in [4.78, 5) is 23.4. The van der Waals surface area contributed by atoms with Crippen LogP contribution < -0.4 is 11.0 Å². The number of hydrogen-bond donors (Lipinski definition) is 2. The first kappa shape index (κ1) is 16.8. The minimum absolute atomic E-state index is 0.271. The van der Waals surface area contributed by atoms with E-state index in [9.17, 15) is 9.59 Å². The molecule has 0 saturated carbocycles. The van der Waals surface area contributed by atoms with Gasteiger partial charge in [0.2, 0.25) is 0 Å². The lowest BCUT2D eigenvalue weighted by atomic mass is 10.1. The Bertz CT molecular complexity index is 499. The molecule has 1 rings (SSSR count). The van der Waals surface area contributed by atoms with Crippen LogP contribution in [-0.4, -0.2) is 45.2 Å². The highest BCUT2D eigenvalue weighted by Crippen LogP contribution is 2.20. The van der Waals surface area contributed by atoms with E-state index in [1.807, 2.05) is 6.92 Å². The van der Waals surface area contributed by atoms with Crippen LogP contribution in [0.25, 0.3) is 0 Å². The number of H-pyrrole nitrogens is 1. The molecule has 0 aliphatic carbocycles. The van der Waals surface area contributed by atoms with Gasteiger partial charge in [0.25, 0.3) is 0 Å². The first-order valence-electron chi connectivity index (χ1n) is 6.61. The second-order valence-corrected chi connectivity index (χ2v) is 5.58. The van der Waals surface area contributed by atoms with Crippen LogP contribution >= 0.6 is 11.8 Å². The number of nitrogens with one attached hydrogen (secondary N) is 2. The Morgan fingerprint density at radius 2 is 2.25 bits per heavy atom. The third-order valence-electron chi connectivity index (χ3n) is 2.82. The van der Waals surface area contributed by atoms with Crippen molar-refractivity contribution in [2.24, 2.45) is 7.05 Å². The molecule has 1 atom stereocenters. The quantitative estimate of drug-likeness (QED) is 0.537. The summed E-state index contributed by atoms with van der Waals surface area (Å²) in [5, 5.41) is 10.0. The summed E-state index contributed by atoms with van der Waals surface area (Å²) in [5.74, 6) is 0.144. The standard InChI is InChI=1S/C12H22N4O3S/c1-5-7-13-12(3,9(17)19-6-2)8-20-11-15-14-10(18)16(11)4/h13H,5-8H2,1-4H3,(H,14,18). The lowest BCUT2D eigenvalue weighted by molar-refractivity contribution is -0.149. The van der Waals surface area contributed by atoms with Crippen LogP contribution in [0.4, 0.5) is 0 Å². The van der Waals surface area contributed by atoms with Gasteiger partial charge in [-0.15, -0.1) is 5.10 Å². The van der Waals surface area contributed by atoms with Gasteiger partial charge in [-0.05, 0) is 26.8 Å². The van der Waals surface area contributed by atoms with Crippen LogP contribution in [0.2, 0.25) is 0 Å². The van der Waals surface area contributed by atoms with Crippen molar-refractivity contribution in [3.05, 3.63) is 10.5 Å². The molecule has 1 heterocycles. The van der Waals surface area contributed by atoms with Crippen molar-refractivity contribution in [2.75, 3.05) is 18.9 Å². The Labute approximate surface area is 122 Å². The molecule has 0 aliphatic heterocycles. The van der Waals surface area contributed by atoms with Gasteiger partial charge in [-0.25, -0.2) is 9.89 Å². The van der Waals surface area contributed by atoms with Crippen LogP contribution in [0.15, 0.2) is 9.95 Å². The fourth-order valence-corrected chi connectivity index (χ4v) is 2.57. The molecule has 20 heavy (non-hydrogen) atoms. The van der Waals surface area contributed by atoms with Crippen LogP contribution in [0, 0.1) is 0 Å².